The van der Waals surface area contributed by atoms with Crippen molar-refractivity contribution < 1.29 is 4.79 Å². The van der Waals surface area contributed by atoms with Crippen LogP contribution in [-0.4, -0.2) is 49.4 Å². The summed E-state index contributed by atoms with van der Waals surface area (Å²) < 4.78 is 1.90. The van der Waals surface area contributed by atoms with Gasteiger partial charge in [-0.25, -0.2) is 4.68 Å². The van der Waals surface area contributed by atoms with Gasteiger partial charge in [-0.3, -0.25) is 4.79 Å². The van der Waals surface area contributed by atoms with Crippen LogP contribution in [0.3, 0.4) is 0 Å². The van der Waals surface area contributed by atoms with E-state index in [-0.39, 0.29) is 10.7 Å². The lowest BCUT2D eigenvalue weighted by Crippen LogP contribution is -2.48. The summed E-state index contributed by atoms with van der Waals surface area (Å²) in [5.74, 6) is 1.14. The minimum Gasteiger partial charge on any atom is -0.336 e. The van der Waals surface area contributed by atoms with Crippen LogP contribution >= 0.6 is 11.8 Å². The van der Waals surface area contributed by atoms with E-state index in [4.69, 9.17) is 0 Å². The molecule has 122 valence electrons. The fourth-order valence-electron chi connectivity index (χ4n) is 2.98. The van der Waals surface area contributed by atoms with Crippen molar-refractivity contribution in [3.05, 3.63) is 42.2 Å². The summed E-state index contributed by atoms with van der Waals surface area (Å²) in [5, 5.41) is 7.76. The van der Waals surface area contributed by atoms with E-state index >= 15 is 0 Å². The van der Waals surface area contributed by atoms with Crippen molar-refractivity contribution in [2.24, 2.45) is 0 Å². The number of rotatable bonds is 4. The van der Waals surface area contributed by atoms with Crippen molar-refractivity contribution in [3.63, 3.8) is 0 Å². The lowest BCUT2D eigenvalue weighted by molar-refractivity contribution is 0.0739. The monoisotopic (exact) mass is 330 g/mol. The summed E-state index contributed by atoms with van der Waals surface area (Å²) >= 11 is 2.02. The van der Waals surface area contributed by atoms with Crippen LogP contribution in [-0.2, 0) is 0 Å². The molecule has 0 unspecified atom stereocenters. The molecule has 0 saturated carbocycles. The topological polar surface area (TPSA) is 51.0 Å². The summed E-state index contributed by atoms with van der Waals surface area (Å²) in [6.45, 7) is 6.11. The molecule has 1 aromatic carbocycles. The van der Waals surface area contributed by atoms with Gasteiger partial charge in [0.2, 0.25) is 0 Å². The quantitative estimate of drug-likeness (QED) is 0.865. The largest absolute Gasteiger partial charge is 0.336 e. The highest BCUT2D eigenvalue weighted by molar-refractivity contribution is 8.00. The Morgan fingerprint density at radius 2 is 2.00 bits per heavy atom. The van der Waals surface area contributed by atoms with Gasteiger partial charge >= 0.3 is 0 Å². The molecule has 1 aliphatic rings. The zero-order valence-electron chi connectivity index (χ0n) is 13.6. The normalized spacial score (nSPS) is 17.2. The van der Waals surface area contributed by atoms with E-state index in [1.165, 1.54) is 0 Å². The third-order valence-corrected chi connectivity index (χ3v) is 6.33. The Morgan fingerprint density at radius 1 is 1.26 bits per heavy atom. The molecule has 23 heavy (non-hydrogen) atoms. The Hall–Kier alpha value is -1.82. The highest BCUT2D eigenvalue weighted by Gasteiger charge is 2.35. The molecule has 0 N–H and O–H groups in total. The van der Waals surface area contributed by atoms with E-state index < -0.39 is 0 Å². The summed E-state index contributed by atoms with van der Waals surface area (Å²) in [5.41, 5.74) is 1.64. The number of carbonyl (C=O) groups is 1. The predicted octanol–water partition coefficient (Wildman–Crippen LogP) is 3.02. The van der Waals surface area contributed by atoms with Crippen LogP contribution in [0, 0.1) is 0 Å². The Labute approximate surface area is 141 Å². The number of thioether (sulfide) groups is 1. The third-order valence-electron chi connectivity index (χ3n) is 4.63. The second-order valence-corrected chi connectivity index (χ2v) is 7.42. The zero-order chi connectivity index (χ0) is 16.3. The maximum atomic E-state index is 12.8. The summed E-state index contributed by atoms with van der Waals surface area (Å²) in [7, 11) is 0. The first-order valence-corrected chi connectivity index (χ1v) is 9.06. The molecule has 0 radical (unpaired) electrons. The molecule has 0 aliphatic carbocycles. The molecule has 0 spiro atoms. The van der Waals surface area contributed by atoms with Crippen LogP contribution in [0.4, 0.5) is 0 Å². The van der Waals surface area contributed by atoms with Crippen LogP contribution < -0.4 is 0 Å². The molecule has 0 bridgehead atoms. The number of nitrogens with zero attached hydrogens (tertiary/aromatic N) is 4. The molecular formula is C17H22N4OS. The van der Waals surface area contributed by atoms with Gasteiger partial charge in [-0.2, -0.15) is 11.8 Å². The number of aromatic nitrogens is 3. The number of hydrogen-bond donors (Lipinski definition) is 0. The number of amides is 1. The number of hydrogen-bond acceptors (Lipinski definition) is 4. The van der Waals surface area contributed by atoms with Gasteiger partial charge in [-0.15, -0.1) is 5.10 Å². The molecule has 0 atom stereocenters. The van der Waals surface area contributed by atoms with Crippen molar-refractivity contribution in [3.8, 4) is 5.69 Å². The second-order valence-electron chi connectivity index (χ2n) is 5.86. The average molecular weight is 330 g/mol. The lowest BCUT2D eigenvalue weighted by atomic mass is 10.0. The average Bonchev–Trinajstić information content (AvgIpc) is 3.16. The molecule has 5 nitrogen and oxygen atoms in total. The molecule has 6 heteroatoms. The summed E-state index contributed by atoms with van der Waals surface area (Å²) in [4.78, 5) is 14.8. The van der Waals surface area contributed by atoms with E-state index in [1.54, 1.807) is 17.1 Å². The van der Waals surface area contributed by atoms with Gasteiger partial charge < -0.3 is 4.90 Å². The van der Waals surface area contributed by atoms with Crippen molar-refractivity contribution in [1.82, 2.24) is 19.9 Å². The van der Waals surface area contributed by atoms with Crippen molar-refractivity contribution in [1.29, 1.82) is 0 Å². The number of benzene rings is 1. The van der Waals surface area contributed by atoms with Gasteiger partial charge in [0, 0.05) is 29.2 Å². The van der Waals surface area contributed by atoms with Crippen LogP contribution in [0.2, 0.25) is 0 Å². The van der Waals surface area contributed by atoms with E-state index in [0.29, 0.717) is 0 Å². The van der Waals surface area contributed by atoms with Crippen molar-refractivity contribution in [2.75, 3.05) is 18.8 Å². The molecule has 2 heterocycles. The number of carbonyl (C=O) groups excluding carboxylic acids is 1. The first-order valence-electron chi connectivity index (χ1n) is 8.07. The highest BCUT2D eigenvalue weighted by atomic mass is 32.2. The molecule has 1 aliphatic heterocycles. The van der Waals surface area contributed by atoms with E-state index in [9.17, 15) is 4.79 Å². The van der Waals surface area contributed by atoms with Crippen LogP contribution in [0.25, 0.3) is 5.69 Å². The van der Waals surface area contributed by atoms with Crippen molar-refractivity contribution >= 4 is 17.7 Å². The molecule has 3 rings (SSSR count). The van der Waals surface area contributed by atoms with Gasteiger partial charge in [0.15, 0.2) is 0 Å². The molecule has 2 aromatic rings. The smallest absolute Gasteiger partial charge is 0.253 e. The summed E-state index contributed by atoms with van der Waals surface area (Å²) in [6, 6.07) is 7.57. The standard InChI is InChI=1S/C17H22N4OS/c1-3-17(4-2)13-20(11-12-23-17)16(22)14-5-7-15(8-6-14)21-10-9-18-19-21/h5-10H,3-4,11-13H2,1-2H3. The molecule has 1 fully saturated rings. The van der Waals surface area contributed by atoms with Crippen LogP contribution in [0.15, 0.2) is 36.7 Å². The fraction of sp³-hybridized carbons (Fsp3) is 0.471. The van der Waals surface area contributed by atoms with E-state index in [1.807, 2.05) is 40.9 Å². The predicted molar refractivity (Wildman–Crippen MR) is 93.0 cm³/mol. The van der Waals surface area contributed by atoms with Crippen LogP contribution in [0.1, 0.15) is 37.0 Å². The first-order chi connectivity index (χ1) is 11.2. The Bertz CT molecular complexity index is 650. The Kier molecular flexibility index (Phi) is 4.71. The van der Waals surface area contributed by atoms with Gasteiger partial charge in [0.25, 0.3) is 5.91 Å². The molecule has 1 saturated heterocycles. The lowest BCUT2D eigenvalue weighted by Gasteiger charge is -2.41. The molecule has 1 amide bonds. The molecular weight excluding hydrogens is 308 g/mol. The highest BCUT2D eigenvalue weighted by Crippen LogP contribution is 2.37. The fourth-order valence-corrected chi connectivity index (χ4v) is 4.38. The van der Waals surface area contributed by atoms with Crippen molar-refractivity contribution in [2.45, 2.75) is 31.4 Å². The van der Waals surface area contributed by atoms with Gasteiger partial charge in [0.05, 0.1) is 18.1 Å². The maximum absolute atomic E-state index is 12.8. The zero-order valence-corrected chi connectivity index (χ0v) is 14.4. The SMILES string of the molecule is CCC1(CC)CN(C(=O)c2ccc(-n3ccnn3)cc2)CCS1. The Morgan fingerprint density at radius 3 is 2.61 bits per heavy atom. The second kappa shape index (κ2) is 6.74. The molecule has 1 aromatic heterocycles. The van der Waals surface area contributed by atoms with Crippen LogP contribution in [0.5, 0.6) is 0 Å². The van der Waals surface area contributed by atoms with Gasteiger partial charge in [0.1, 0.15) is 0 Å². The first kappa shape index (κ1) is 16.1. The van der Waals surface area contributed by atoms with E-state index in [0.717, 1.165) is 42.9 Å². The van der Waals surface area contributed by atoms with E-state index in [2.05, 4.69) is 24.2 Å². The minimum absolute atomic E-state index is 0.127. The maximum Gasteiger partial charge on any atom is 0.253 e. The Balaban J connectivity index is 1.75. The summed E-state index contributed by atoms with van der Waals surface area (Å²) in [6.07, 6.45) is 5.63. The van der Waals surface area contributed by atoms with Gasteiger partial charge in [-0.1, -0.05) is 19.1 Å². The minimum atomic E-state index is 0.127. The third kappa shape index (κ3) is 3.27. The van der Waals surface area contributed by atoms with Gasteiger partial charge in [-0.05, 0) is 37.1 Å².